The largest absolute Gasteiger partial charge is 0.398 e. The summed E-state index contributed by atoms with van der Waals surface area (Å²) in [6, 6.07) is 9.84. The van der Waals surface area contributed by atoms with E-state index >= 15 is 0 Å². The Morgan fingerprint density at radius 2 is 1.94 bits per heavy atom. The number of fused-ring (bicyclic) bond motifs is 1. The zero-order valence-electron chi connectivity index (χ0n) is 20.3. The van der Waals surface area contributed by atoms with Gasteiger partial charge in [0.2, 0.25) is 5.91 Å². The molecule has 1 fully saturated rings. The molecule has 0 radical (unpaired) electrons. The van der Waals surface area contributed by atoms with Gasteiger partial charge >= 0.3 is 0 Å². The molecule has 0 saturated heterocycles. The van der Waals surface area contributed by atoms with Crippen molar-refractivity contribution < 1.29 is 4.79 Å². The molecule has 0 unspecified atom stereocenters. The summed E-state index contributed by atoms with van der Waals surface area (Å²) in [5.74, 6) is 0.625. The number of nitrogens with two attached hydrogens (primary N) is 1. The number of nitrogens with zero attached hydrogens (tertiary/aromatic N) is 6. The number of aromatic nitrogens is 6. The van der Waals surface area contributed by atoms with Crippen molar-refractivity contribution in [3.8, 4) is 22.5 Å². The summed E-state index contributed by atoms with van der Waals surface area (Å²) in [5.41, 5.74) is 13.0. The SMILES string of the molecule is Cc1ccnc(-c2ccnn2C)c1-c1cc(N)c2cnc(NC(=O)[C@H]3C[C@H]3c3cnn(C)c3)cc2c1. The number of rotatable bonds is 5. The molecule has 6 rings (SSSR count). The summed E-state index contributed by atoms with van der Waals surface area (Å²) in [4.78, 5) is 22.0. The minimum absolute atomic E-state index is 0.0265. The van der Waals surface area contributed by atoms with Crippen molar-refractivity contribution in [2.45, 2.75) is 19.3 Å². The highest BCUT2D eigenvalue weighted by Gasteiger charge is 2.44. The Morgan fingerprint density at radius 1 is 1.08 bits per heavy atom. The number of hydrogen-bond donors (Lipinski definition) is 2. The number of aryl methyl sites for hydroxylation is 3. The van der Waals surface area contributed by atoms with Gasteiger partial charge in [-0.05, 0) is 71.7 Å². The molecular formula is C27H26N8O. The first kappa shape index (κ1) is 22.0. The highest BCUT2D eigenvalue weighted by atomic mass is 16.2. The molecule has 3 N–H and O–H groups in total. The molecule has 1 saturated carbocycles. The maximum atomic E-state index is 12.9. The van der Waals surface area contributed by atoms with Crippen molar-refractivity contribution in [3.05, 3.63) is 72.4 Å². The Kier molecular flexibility index (Phi) is 5.06. The summed E-state index contributed by atoms with van der Waals surface area (Å²) in [5, 5.41) is 13.2. The van der Waals surface area contributed by atoms with Gasteiger partial charge < -0.3 is 11.1 Å². The van der Waals surface area contributed by atoms with Crippen LogP contribution in [0.5, 0.6) is 0 Å². The van der Waals surface area contributed by atoms with Gasteiger partial charge in [-0.2, -0.15) is 10.2 Å². The smallest absolute Gasteiger partial charge is 0.229 e. The minimum atomic E-state index is -0.0670. The molecule has 2 atom stereocenters. The average molecular weight is 479 g/mol. The Labute approximate surface area is 208 Å². The quantitative estimate of drug-likeness (QED) is 0.368. The van der Waals surface area contributed by atoms with Gasteiger partial charge in [0.05, 0.1) is 17.6 Å². The van der Waals surface area contributed by atoms with Crippen LogP contribution in [0.2, 0.25) is 0 Å². The number of benzene rings is 1. The molecule has 9 heteroatoms. The van der Waals surface area contributed by atoms with E-state index in [4.69, 9.17) is 5.73 Å². The summed E-state index contributed by atoms with van der Waals surface area (Å²) < 4.78 is 3.57. The van der Waals surface area contributed by atoms with Crippen LogP contribution in [0.15, 0.2) is 61.3 Å². The van der Waals surface area contributed by atoms with Gasteiger partial charge in [0.25, 0.3) is 0 Å². The Hall–Kier alpha value is -4.53. The summed E-state index contributed by atoms with van der Waals surface area (Å²) >= 11 is 0. The number of carbonyl (C=O) groups excluding carboxylic acids is 1. The van der Waals surface area contributed by atoms with Crippen LogP contribution < -0.4 is 11.1 Å². The first-order chi connectivity index (χ1) is 17.4. The number of hydrogen-bond acceptors (Lipinski definition) is 6. The van der Waals surface area contributed by atoms with Crippen molar-refractivity contribution in [3.63, 3.8) is 0 Å². The Morgan fingerprint density at radius 3 is 2.69 bits per heavy atom. The summed E-state index contributed by atoms with van der Waals surface area (Å²) in [6.45, 7) is 2.06. The van der Waals surface area contributed by atoms with E-state index in [9.17, 15) is 4.79 Å². The second-order valence-corrected chi connectivity index (χ2v) is 9.43. The fourth-order valence-corrected chi connectivity index (χ4v) is 4.93. The second kappa shape index (κ2) is 8.30. The average Bonchev–Trinajstić information content (AvgIpc) is 3.36. The van der Waals surface area contributed by atoms with Gasteiger partial charge in [0.1, 0.15) is 5.82 Å². The van der Waals surface area contributed by atoms with Gasteiger partial charge in [0.15, 0.2) is 0 Å². The molecule has 0 spiro atoms. The number of carbonyl (C=O) groups is 1. The van der Waals surface area contributed by atoms with Crippen LogP contribution in [0.4, 0.5) is 11.5 Å². The van der Waals surface area contributed by atoms with Gasteiger partial charge in [0, 0.05) is 61.4 Å². The first-order valence-electron chi connectivity index (χ1n) is 11.8. The molecule has 1 aliphatic carbocycles. The van der Waals surface area contributed by atoms with E-state index in [1.807, 2.05) is 55.4 Å². The van der Waals surface area contributed by atoms with Crippen LogP contribution in [0.1, 0.15) is 23.5 Å². The first-order valence-corrected chi connectivity index (χ1v) is 11.8. The van der Waals surface area contributed by atoms with Crippen LogP contribution in [-0.2, 0) is 18.9 Å². The van der Waals surface area contributed by atoms with Crippen molar-refractivity contribution in [2.75, 3.05) is 11.1 Å². The van der Waals surface area contributed by atoms with Crippen LogP contribution in [-0.4, -0.2) is 35.4 Å². The van der Waals surface area contributed by atoms with E-state index in [0.29, 0.717) is 11.5 Å². The molecule has 4 aromatic heterocycles. The third-order valence-electron chi connectivity index (χ3n) is 6.91. The third kappa shape index (κ3) is 3.78. The monoisotopic (exact) mass is 478 g/mol. The molecule has 180 valence electrons. The van der Waals surface area contributed by atoms with E-state index in [1.54, 1.807) is 23.3 Å². The fourth-order valence-electron chi connectivity index (χ4n) is 4.93. The van der Waals surface area contributed by atoms with Crippen LogP contribution in [0, 0.1) is 12.8 Å². The molecule has 9 nitrogen and oxygen atoms in total. The van der Waals surface area contributed by atoms with Crippen molar-refractivity contribution in [1.82, 2.24) is 29.5 Å². The standard InChI is InChI=1S/C27H26N8O/c1-15-4-6-29-26(23-5-7-31-35(23)3)25(15)17-8-16-10-24(30-13-21(16)22(28)9-17)33-27(36)20-11-19(20)18-12-32-34(2)14-18/h4-10,12-14,19-20H,11,28H2,1-3H3,(H,30,33,36)/t19-,20-/m0/s1. The number of amides is 1. The molecule has 5 aromatic rings. The number of pyridine rings is 2. The minimum Gasteiger partial charge on any atom is -0.398 e. The highest BCUT2D eigenvalue weighted by molar-refractivity contribution is 6.01. The summed E-state index contributed by atoms with van der Waals surface area (Å²) in [7, 11) is 3.78. The normalized spacial score (nSPS) is 16.9. The highest BCUT2D eigenvalue weighted by Crippen LogP contribution is 2.48. The Balaban J connectivity index is 1.33. The molecule has 0 bridgehead atoms. The zero-order chi connectivity index (χ0) is 25.0. The van der Waals surface area contributed by atoms with Gasteiger partial charge in [-0.1, -0.05) is 0 Å². The van der Waals surface area contributed by atoms with Gasteiger partial charge in [-0.25, -0.2) is 4.98 Å². The van der Waals surface area contributed by atoms with Crippen molar-refractivity contribution in [1.29, 1.82) is 0 Å². The van der Waals surface area contributed by atoms with E-state index < -0.39 is 0 Å². The fraction of sp³-hybridized carbons (Fsp3) is 0.222. The zero-order valence-corrected chi connectivity index (χ0v) is 20.3. The van der Waals surface area contributed by atoms with E-state index in [1.165, 1.54) is 0 Å². The van der Waals surface area contributed by atoms with E-state index in [2.05, 4.69) is 38.5 Å². The van der Waals surface area contributed by atoms with Crippen LogP contribution in [0.3, 0.4) is 0 Å². The lowest BCUT2D eigenvalue weighted by Gasteiger charge is -2.14. The lowest BCUT2D eigenvalue weighted by molar-refractivity contribution is -0.117. The molecule has 36 heavy (non-hydrogen) atoms. The van der Waals surface area contributed by atoms with Gasteiger partial charge in [-0.3, -0.25) is 19.1 Å². The molecule has 4 heterocycles. The molecule has 0 aliphatic heterocycles. The predicted molar refractivity (Wildman–Crippen MR) is 139 cm³/mol. The number of nitrogens with one attached hydrogen (secondary N) is 1. The maximum Gasteiger partial charge on any atom is 0.229 e. The number of nitrogen functional groups attached to an aromatic ring is 1. The Bertz CT molecular complexity index is 1630. The van der Waals surface area contributed by atoms with Gasteiger partial charge in [-0.15, -0.1) is 0 Å². The number of anilines is 2. The predicted octanol–water partition coefficient (Wildman–Crippen LogP) is 4.06. The van der Waals surface area contributed by atoms with E-state index in [-0.39, 0.29) is 17.7 Å². The topological polar surface area (TPSA) is 117 Å². The molecular weight excluding hydrogens is 452 g/mol. The van der Waals surface area contributed by atoms with Crippen molar-refractivity contribution in [2.24, 2.45) is 20.0 Å². The third-order valence-corrected chi connectivity index (χ3v) is 6.91. The van der Waals surface area contributed by atoms with E-state index in [0.717, 1.165) is 50.8 Å². The molecule has 1 aromatic carbocycles. The summed E-state index contributed by atoms with van der Waals surface area (Å²) in [6.07, 6.45) is 9.90. The lowest BCUT2D eigenvalue weighted by Crippen LogP contribution is -2.15. The lowest BCUT2D eigenvalue weighted by atomic mass is 9.95. The molecule has 1 amide bonds. The van der Waals surface area contributed by atoms with Crippen LogP contribution >= 0.6 is 0 Å². The van der Waals surface area contributed by atoms with Crippen molar-refractivity contribution >= 4 is 28.2 Å². The second-order valence-electron chi connectivity index (χ2n) is 9.43. The molecule has 1 aliphatic rings. The maximum absolute atomic E-state index is 12.9. The van der Waals surface area contributed by atoms with Crippen LogP contribution in [0.25, 0.3) is 33.3 Å².